The van der Waals surface area contributed by atoms with Gasteiger partial charge >= 0.3 is 0 Å². The fourth-order valence-electron chi connectivity index (χ4n) is 3.42. The first kappa shape index (κ1) is 17.3. The Labute approximate surface area is 156 Å². The molecule has 1 heterocycles. The second kappa shape index (κ2) is 6.57. The highest BCUT2D eigenvalue weighted by Gasteiger charge is 2.32. The van der Waals surface area contributed by atoms with E-state index in [1.54, 1.807) is 0 Å². The van der Waals surface area contributed by atoms with E-state index >= 15 is 0 Å². The molecule has 0 atom stereocenters. The molecule has 1 aromatic carbocycles. The Balaban J connectivity index is 1.35. The maximum absolute atomic E-state index is 12.4. The van der Waals surface area contributed by atoms with Crippen molar-refractivity contribution in [3.8, 4) is 0 Å². The van der Waals surface area contributed by atoms with E-state index in [4.69, 9.17) is 5.10 Å². The Bertz CT molecular complexity index is 790. The van der Waals surface area contributed by atoms with Crippen LogP contribution in [-0.4, -0.2) is 22.2 Å². The van der Waals surface area contributed by atoms with Crippen molar-refractivity contribution in [2.45, 2.75) is 70.3 Å². The standard InChI is InChI=1S/C22H29N3O/c1-22(2,3)18-10-8-17(9-11-18)21(26)23-12-13-25-20(16-6-7-16)14-19(24-25)15-4-5-15/h8-11,14-16H,4-7,12-13H2,1-3H3,(H,23,26). The van der Waals surface area contributed by atoms with Gasteiger partial charge in [-0.1, -0.05) is 32.9 Å². The van der Waals surface area contributed by atoms with Crippen molar-refractivity contribution in [2.75, 3.05) is 6.54 Å². The first-order chi connectivity index (χ1) is 12.4. The minimum atomic E-state index is -0.00648. The lowest BCUT2D eigenvalue weighted by atomic mass is 9.87. The zero-order valence-electron chi connectivity index (χ0n) is 16.1. The van der Waals surface area contributed by atoms with Crippen LogP contribution in [0, 0.1) is 0 Å². The van der Waals surface area contributed by atoms with Gasteiger partial charge in [0.25, 0.3) is 5.91 Å². The second-order valence-corrected chi connectivity index (χ2v) is 8.85. The molecule has 0 spiro atoms. The highest BCUT2D eigenvalue weighted by atomic mass is 16.1. The molecule has 0 aliphatic heterocycles. The first-order valence-corrected chi connectivity index (χ1v) is 9.88. The van der Waals surface area contributed by atoms with Crippen LogP contribution in [0.15, 0.2) is 30.3 Å². The summed E-state index contributed by atoms with van der Waals surface area (Å²) >= 11 is 0. The summed E-state index contributed by atoms with van der Waals surface area (Å²) in [7, 11) is 0. The normalized spacial score (nSPS) is 17.3. The molecule has 0 radical (unpaired) electrons. The largest absolute Gasteiger partial charge is 0.350 e. The van der Waals surface area contributed by atoms with Crippen LogP contribution in [0.2, 0.25) is 0 Å². The highest BCUT2D eigenvalue weighted by molar-refractivity contribution is 5.94. The summed E-state index contributed by atoms with van der Waals surface area (Å²) in [6.45, 7) is 7.91. The predicted molar refractivity (Wildman–Crippen MR) is 104 cm³/mol. The lowest BCUT2D eigenvalue weighted by Gasteiger charge is -2.19. The van der Waals surface area contributed by atoms with E-state index in [1.807, 2.05) is 12.1 Å². The molecule has 1 N–H and O–H groups in total. The van der Waals surface area contributed by atoms with Gasteiger partial charge in [0.05, 0.1) is 12.2 Å². The summed E-state index contributed by atoms with van der Waals surface area (Å²) in [5, 5.41) is 7.85. The van der Waals surface area contributed by atoms with E-state index in [1.165, 1.54) is 42.6 Å². The van der Waals surface area contributed by atoms with Gasteiger partial charge in [-0.05, 0) is 54.9 Å². The molecule has 2 saturated carbocycles. The van der Waals surface area contributed by atoms with Gasteiger partial charge in [-0.3, -0.25) is 9.48 Å². The van der Waals surface area contributed by atoms with Crippen LogP contribution in [0.4, 0.5) is 0 Å². The van der Waals surface area contributed by atoms with Crippen LogP contribution < -0.4 is 5.32 Å². The topological polar surface area (TPSA) is 46.9 Å². The van der Waals surface area contributed by atoms with Crippen molar-refractivity contribution >= 4 is 5.91 Å². The average Bonchev–Trinajstić information content (AvgIpc) is 3.53. The minimum absolute atomic E-state index is 0.00648. The first-order valence-electron chi connectivity index (χ1n) is 9.88. The van der Waals surface area contributed by atoms with E-state index in [2.05, 4.69) is 49.0 Å². The number of aromatic nitrogens is 2. The molecule has 138 valence electrons. The summed E-state index contributed by atoms with van der Waals surface area (Å²) in [4.78, 5) is 12.4. The summed E-state index contributed by atoms with van der Waals surface area (Å²) in [5.74, 6) is 1.37. The monoisotopic (exact) mass is 351 g/mol. The van der Waals surface area contributed by atoms with Crippen LogP contribution in [-0.2, 0) is 12.0 Å². The van der Waals surface area contributed by atoms with Gasteiger partial charge in [-0.25, -0.2) is 0 Å². The third-order valence-corrected chi connectivity index (χ3v) is 5.44. The molecule has 2 aliphatic carbocycles. The quantitative estimate of drug-likeness (QED) is 0.840. The lowest BCUT2D eigenvalue weighted by molar-refractivity contribution is 0.0951. The van der Waals surface area contributed by atoms with Crippen LogP contribution in [0.25, 0.3) is 0 Å². The maximum atomic E-state index is 12.4. The lowest BCUT2D eigenvalue weighted by Crippen LogP contribution is -2.28. The zero-order chi connectivity index (χ0) is 18.3. The van der Waals surface area contributed by atoms with Gasteiger partial charge in [-0.2, -0.15) is 5.10 Å². The Morgan fingerprint density at radius 3 is 2.35 bits per heavy atom. The Morgan fingerprint density at radius 2 is 1.77 bits per heavy atom. The number of benzene rings is 1. The second-order valence-electron chi connectivity index (χ2n) is 8.85. The summed E-state index contributed by atoms with van der Waals surface area (Å²) in [6, 6.07) is 10.3. The van der Waals surface area contributed by atoms with Crippen molar-refractivity contribution in [1.82, 2.24) is 15.1 Å². The van der Waals surface area contributed by atoms with E-state index in [9.17, 15) is 4.79 Å². The third kappa shape index (κ3) is 3.84. The number of nitrogens with one attached hydrogen (secondary N) is 1. The van der Waals surface area contributed by atoms with E-state index in [0.29, 0.717) is 18.4 Å². The number of amides is 1. The van der Waals surface area contributed by atoms with Gasteiger partial charge in [0.1, 0.15) is 0 Å². The summed E-state index contributed by atoms with van der Waals surface area (Å²) in [6.07, 6.45) is 5.12. The molecule has 1 amide bonds. The molecule has 4 heteroatoms. The molecular formula is C22H29N3O. The smallest absolute Gasteiger partial charge is 0.251 e. The van der Waals surface area contributed by atoms with E-state index < -0.39 is 0 Å². The van der Waals surface area contributed by atoms with E-state index in [0.717, 1.165) is 12.1 Å². The summed E-state index contributed by atoms with van der Waals surface area (Å²) < 4.78 is 2.13. The molecule has 0 unspecified atom stereocenters. The molecule has 4 rings (SSSR count). The Morgan fingerprint density at radius 1 is 1.12 bits per heavy atom. The van der Waals surface area contributed by atoms with Crippen molar-refractivity contribution in [3.63, 3.8) is 0 Å². The maximum Gasteiger partial charge on any atom is 0.251 e. The molecule has 2 aromatic rings. The number of carbonyl (C=O) groups excluding carboxylic acids is 1. The fourth-order valence-corrected chi connectivity index (χ4v) is 3.42. The van der Waals surface area contributed by atoms with Gasteiger partial charge < -0.3 is 5.32 Å². The van der Waals surface area contributed by atoms with Gasteiger partial charge in [0.15, 0.2) is 0 Å². The highest BCUT2D eigenvalue weighted by Crippen LogP contribution is 2.44. The summed E-state index contributed by atoms with van der Waals surface area (Å²) in [5.41, 5.74) is 4.70. The van der Waals surface area contributed by atoms with Crippen LogP contribution in [0.5, 0.6) is 0 Å². The van der Waals surface area contributed by atoms with Crippen molar-refractivity contribution in [2.24, 2.45) is 0 Å². The number of carbonyl (C=O) groups is 1. The third-order valence-electron chi connectivity index (χ3n) is 5.44. The molecule has 2 fully saturated rings. The Kier molecular flexibility index (Phi) is 4.37. The van der Waals surface area contributed by atoms with Crippen molar-refractivity contribution < 1.29 is 4.79 Å². The van der Waals surface area contributed by atoms with Gasteiger partial charge in [0.2, 0.25) is 0 Å². The zero-order valence-corrected chi connectivity index (χ0v) is 16.1. The van der Waals surface area contributed by atoms with Crippen LogP contribution in [0.1, 0.15) is 85.6 Å². The molecule has 0 saturated heterocycles. The number of nitrogens with zero attached hydrogens (tertiary/aromatic N) is 2. The van der Waals surface area contributed by atoms with Crippen LogP contribution >= 0.6 is 0 Å². The van der Waals surface area contributed by atoms with Gasteiger partial charge in [0, 0.05) is 29.6 Å². The SMILES string of the molecule is CC(C)(C)c1ccc(C(=O)NCCn2nc(C3CC3)cc2C2CC2)cc1. The van der Waals surface area contributed by atoms with Gasteiger partial charge in [-0.15, -0.1) is 0 Å². The molecular weight excluding hydrogens is 322 g/mol. The average molecular weight is 351 g/mol. The molecule has 26 heavy (non-hydrogen) atoms. The van der Waals surface area contributed by atoms with E-state index in [-0.39, 0.29) is 11.3 Å². The number of hydrogen-bond acceptors (Lipinski definition) is 2. The minimum Gasteiger partial charge on any atom is -0.350 e. The Hall–Kier alpha value is -2.10. The number of hydrogen-bond donors (Lipinski definition) is 1. The van der Waals surface area contributed by atoms with Crippen molar-refractivity contribution in [3.05, 3.63) is 52.8 Å². The fraction of sp³-hybridized carbons (Fsp3) is 0.545. The molecule has 0 bridgehead atoms. The molecule has 4 nitrogen and oxygen atoms in total. The van der Waals surface area contributed by atoms with Crippen LogP contribution in [0.3, 0.4) is 0 Å². The number of rotatable bonds is 6. The molecule has 1 aromatic heterocycles. The predicted octanol–water partition coefficient (Wildman–Crippen LogP) is 4.37. The molecule has 2 aliphatic rings. The van der Waals surface area contributed by atoms with Crippen molar-refractivity contribution in [1.29, 1.82) is 0 Å².